The van der Waals surface area contributed by atoms with Gasteiger partial charge in [0.2, 0.25) is 5.91 Å². The molecule has 1 saturated heterocycles. The summed E-state index contributed by atoms with van der Waals surface area (Å²) in [7, 11) is -2.99. The van der Waals surface area contributed by atoms with Crippen molar-refractivity contribution >= 4 is 44.7 Å². The molecular formula is C42H55ClN4O5S. The maximum Gasteiger partial charge on any atom is 0.262 e. The van der Waals surface area contributed by atoms with E-state index in [1.54, 1.807) is 17.9 Å². The van der Waals surface area contributed by atoms with E-state index in [0.717, 1.165) is 55.7 Å². The third-order valence-electron chi connectivity index (χ3n) is 13.1. The fourth-order valence-electron chi connectivity index (χ4n) is 9.69. The van der Waals surface area contributed by atoms with Crippen LogP contribution in [0.1, 0.15) is 87.2 Å². The molecule has 5 aliphatic rings. The Morgan fingerprint density at radius 3 is 2.68 bits per heavy atom. The second kappa shape index (κ2) is 15.1. The molecule has 2 amide bonds. The molecule has 0 radical (unpaired) electrons. The maximum atomic E-state index is 14.0. The van der Waals surface area contributed by atoms with Crippen LogP contribution in [0.3, 0.4) is 0 Å². The monoisotopic (exact) mass is 762 g/mol. The second-order valence-corrected chi connectivity index (χ2v) is 19.4. The summed E-state index contributed by atoms with van der Waals surface area (Å²) in [5.41, 5.74) is 2.49. The van der Waals surface area contributed by atoms with Crippen molar-refractivity contribution in [3.05, 3.63) is 58.1 Å². The van der Waals surface area contributed by atoms with E-state index in [2.05, 4.69) is 51.3 Å². The first-order valence-electron chi connectivity index (χ1n) is 19.4. The van der Waals surface area contributed by atoms with E-state index in [0.29, 0.717) is 63.6 Å². The number of nitrogens with zero attached hydrogens (tertiary/aromatic N) is 3. The lowest BCUT2D eigenvalue weighted by molar-refractivity contribution is -0.141. The number of hydrogen-bond donors (Lipinski definition) is 2. The third-order valence-corrected chi connectivity index (χ3v) is 15.6. The average Bonchev–Trinajstić information content (AvgIpc) is 3.25. The molecule has 11 heteroatoms. The number of β-amino-alcohol motifs (C(OH)–C–C–N with tert-alkyl or cyclic N) is 1. The summed E-state index contributed by atoms with van der Waals surface area (Å²) < 4.78 is 23.5. The lowest BCUT2D eigenvalue weighted by atomic mass is 9.62. The quantitative estimate of drug-likeness (QED) is 0.323. The van der Waals surface area contributed by atoms with Crippen molar-refractivity contribution in [3.63, 3.8) is 0 Å². The van der Waals surface area contributed by atoms with Crippen molar-refractivity contribution in [1.29, 1.82) is 0 Å². The molecule has 7 atom stereocenters. The van der Waals surface area contributed by atoms with Crippen molar-refractivity contribution in [1.82, 2.24) is 14.5 Å². The van der Waals surface area contributed by atoms with E-state index in [1.165, 1.54) is 11.1 Å². The minimum Gasteiger partial charge on any atom is -0.490 e. The van der Waals surface area contributed by atoms with Crippen molar-refractivity contribution < 1.29 is 23.6 Å². The summed E-state index contributed by atoms with van der Waals surface area (Å²) in [4.78, 5) is 33.3. The molecule has 2 fully saturated rings. The van der Waals surface area contributed by atoms with Crippen LogP contribution in [0.25, 0.3) is 0 Å². The number of aliphatic hydroxyl groups is 1. The molecule has 9 nitrogen and oxygen atoms in total. The second-order valence-electron chi connectivity index (χ2n) is 16.5. The van der Waals surface area contributed by atoms with Crippen molar-refractivity contribution in [2.24, 2.45) is 17.8 Å². The van der Waals surface area contributed by atoms with Crippen molar-refractivity contribution in [2.45, 2.75) is 88.4 Å². The molecule has 7 rings (SSSR count). The number of carbonyl (C=O) groups is 2. The number of hydrogen-bond acceptors (Lipinski definition) is 7. The lowest BCUT2D eigenvalue weighted by Gasteiger charge is -2.52. The minimum atomic E-state index is -2.99. The molecule has 2 aliphatic carbocycles. The van der Waals surface area contributed by atoms with Gasteiger partial charge in [0, 0.05) is 54.0 Å². The number of amides is 2. The Hall–Kier alpha value is -3.23. The van der Waals surface area contributed by atoms with Crippen LogP contribution >= 0.6 is 11.6 Å². The first kappa shape index (κ1) is 38.1. The van der Waals surface area contributed by atoms with E-state index in [9.17, 15) is 18.9 Å². The summed E-state index contributed by atoms with van der Waals surface area (Å²) >= 11 is 6.49. The van der Waals surface area contributed by atoms with Crippen LogP contribution in [0.2, 0.25) is 5.02 Å². The number of nitrogens with one attached hydrogen (secondary N) is 1. The standard InChI is InChI=1S/C42H55ClN4O5S/c1-5-6-19-46-21-20-45(25-39(46)48)27-42(50)18-7-9-29(2)30(3)53(4,51)44-40(49)32-12-16-38-37(23-32)47(24-33-11-14-36(33)42)26-41(28-52-38)17-8-10-31-22-34(43)13-15-35(31)41/h12-13,15-16,22-23,29-30,33,36,50H,4,7-11,14,17-21,24-28H2,1-3H3,(H,44,49,51)/t29-,30+,33-,36+,41-,42+,53?/m0/s1. The van der Waals surface area contributed by atoms with Gasteiger partial charge in [0.05, 0.1) is 40.7 Å². The summed E-state index contributed by atoms with van der Waals surface area (Å²) in [6, 6.07) is 11.8. The van der Waals surface area contributed by atoms with E-state index in [1.807, 2.05) is 25.1 Å². The van der Waals surface area contributed by atoms with Gasteiger partial charge >= 0.3 is 0 Å². The molecule has 1 unspecified atom stereocenters. The van der Waals surface area contributed by atoms with Crippen LogP contribution in [-0.4, -0.2) is 100 Å². The summed E-state index contributed by atoms with van der Waals surface area (Å²) in [5, 5.41) is 13.2. The molecular weight excluding hydrogens is 708 g/mol. The molecule has 2 N–H and O–H groups in total. The summed E-state index contributed by atoms with van der Waals surface area (Å²) in [6.45, 7) is 10.1. The highest BCUT2D eigenvalue weighted by Crippen LogP contribution is 2.49. The van der Waals surface area contributed by atoms with E-state index < -0.39 is 21.2 Å². The zero-order valence-corrected chi connectivity index (χ0v) is 33.1. The molecule has 1 spiro atoms. The van der Waals surface area contributed by atoms with Gasteiger partial charge in [-0.1, -0.05) is 36.9 Å². The molecule has 1 saturated carbocycles. The number of benzene rings is 2. The molecule has 2 aromatic rings. The van der Waals surface area contributed by atoms with Gasteiger partial charge in [-0.05, 0) is 124 Å². The van der Waals surface area contributed by atoms with Crippen molar-refractivity contribution in [2.75, 3.05) is 57.3 Å². The molecule has 0 aromatic heterocycles. The minimum absolute atomic E-state index is 0.000167. The smallest absolute Gasteiger partial charge is 0.262 e. The normalized spacial score (nSPS) is 33.7. The van der Waals surface area contributed by atoms with Crippen LogP contribution in [0.5, 0.6) is 5.75 Å². The van der Waals surface area contributed by atoms with Gasteiger partial charge in [0.15, 0.2) is 0 Å². The Morgan fingerprint density at radius 2 is 1.92 bits per heavy atom. The van der Waals surface area contributed by atoms with Gasteiger partial charge in [-0.25, -0.2) is 4.21 Å². The molecule has 2 aromatic carbocycles. The van der Waals surface area contributed by atoms with Gasteiger partial charge < -0.3 is 19.6 Å². The predicted molar refractivity (Wildman–Crippen MR) is 213 cm³/mol. The number of fused-ring (bicyclic) bond motifs is 4. The third kappa shape index (κ3) is 7.69. The number of halogens is 1. The predicted octanol–water partition coefficient (Wildman–Crippen LogP) is 5.31. The molecule has 286 valence electrons. The zero-order valence-electron chi connectivity index (χ0n) is 31.5. The molecule has 53 heavy (non-hydrogen) atoms. The lowest BCUT2D eigenvalue weighted by Crippen LogP contribution is -2.60. The maximum absolute atomic E-state index is 14.0. The number of carbonyl (C=O) groups excluding carboxylic acids is 2. The number of ether oxygens (including phenoxy) is 1. The Bertz CT molecular complexity index is 1910. The number of aryl methyl sites for hydroxylation is 1. The Kier molecular flexibility index (Phi) is 10.9. The number of piperazine rings is 1. The fourth-order valence-corrected chi connectivity index (χ4v) is 11.4. The SMILES string of the molecule is C=S1(=O)NC(=O)c2ccc3c(c2)N(C[C@@H]2CC[C@H]2[C@](O)(CN2CCN(CC#CC)C(=O)C2)CCC[C@H](C)[C@H]1C)C[C@@]1(CCCc2cc(Cl)ccc21)CO3. The molecule has 3 aliphatic heterocycles. The highest BCUT2D eigenvalue weighted by molar-refractivity contribution is 7.99. The first-order valence-corrected chi connectivity index (χ1v) is 21.6. The fraction of sp³-hybridized carbons (Fsp3) is 0.595. The van der Waals surface area contributed by atoms with Gasteiger partial charge in [0.25, 0.3) is 5.91 Å². The van der Waals surface area contributed by atoms with Crippen LogP contribution in [0.15, 0.2) is 36.4 Å². The van der Waals surface area contributed by atoms with Gasteiger partial charge in [-0.2, -0.15) is 0 Å². The largest absolute Gasteiger partial charge is 0.490 e. The summed E-state index contributed by atoms with van der Waals surface area (Å²) in [6.07, 6.45) is 6.89. The average molecular weight is 763 g/mol. The molecule has 3 heterocycles. The van der Waals surface area contributed by atoms with E-state index in [-0.39, 0.29) is 40.9 Å². The highest BCUT2D eigenvalue weighted by atomic mass is 35.5. The van der Waals surface area contributed by atoms with Crippen LogP contribution in [0.4, 0.5) is 5.69 Å². The van der Waals surface area contributed by atoms with Gasteiger partial charge in [-0.3, -0.25) is 19.2 Å². The van der Waals surface area contributed by atoms with E-state index in [4.69, 9.17) is 16.3 Å². The first-order chi connectivity index (χ1) is 25.3. The van der Waals surface area contributed by atoms with Gasteiger partial charge in [-0.15, -0.1) is 5.92 Å². The van der Waals surface area contributed by atoms with Crippen LogP contribution in [-0.2, 0) is 26.3 Å². The number of anilines is 1. The summed E-state index contributed by atoms with van der Waals surface area (Å²) in [5.74, 6) is 10.5. The van der Waals surface area contributed by atoms with Crippen molar-refractivity contribution in [3.8, 4) is 17.6 Å². The van der Waals surface area contributed by atoms with Crippen LogP contribution in [0, 0.1) is 29.6 Å². The number of rotatable bonds is 3. The Morgan fingerprint density at radius 1 is 1.09 bits per heavy atom. The molecule has 2 bridgehead atoms. The van der Waals surface area contributed by atoms with E-state index >= 15 is 0 Å². The Labute approximate surface area is 320 Å². The zero-order chi connectivity index (χ0) is 37.5. The van der Waals surface area contributed by atoms with Gasteiger partial charge in [0.1, 0.15) is 5.75 Å². The highest BCUT2D eigenvalue weighted by Gasteiger charge is 2.50. The Balaban J connectivity index is 1.25. The van der Waals surface area contributed by atoms with Crippen LogP contribution < -0.4 is 14.4 Å². The topological polar surface area (TPSA) is 102 Å².